The van der Waals surface area contributed by atoms with Crippen molar-refractivity contribution in [2.45, 2.75) is 51.2 Å². The minimum atomic E-state index is -1.11. The summed E-state index contributed by atoms with van der Waals surface area (Å²) in [6, 6.07) is 5.42. The van der Waals surface area contributed by atoms with E-state index in [2.05, 4.69) is 16.4 Å². The number of carbonyl (C=O) groups is 2. The molecular weight excluding hydrogens is 357 g/mol. The average molecular weight is 381 g/mol. The van der Waals surface area contributed by atoms with Gasteiger partial charge in [-0.2, -0.15) is 0 Å². The van der Waals surface area contributed by atoms with Gasteiger partial charge < -0.3 is 10.2 Å². The zero-order valence-corrected chi connectivity index (χ0v) is 16.2. The van der Waals surface area contributed by atoms with Gasteiger partial charge in [-0.3, -0.25) is 14.6 Å². The first-order valence-electron chi connectivity index (χ1n) is 9.79. The summed E-state index contributed by atoms with van der Waals surface area (Å²) in [5.74, 6) is -0.0325. The Morgan fingerprint density at radius 3 is 2.89 bits per heavy atom. The van der Waals surface area contributed by atoms with Gasteiger partial charge in [0.05, 0.1) is 6.04 Å². The first-order valence-corrected chi connectivity index (χ1v) is 9.79. The van der Waals surface area contributed by atoms with Crippen molar-refractivity contribution in [2.24, 2.45) is 0 Å². The number of nitrogens with zero attached hydrogens (tertiary/aromatic N) is 2. The molecule has 0 saturated carbocycles. The average Bonchev–Trinajstić information content (AvgIpc) is 2.72. The van der Waals surface area contributed by atoms with Crippen molar-refractivity contribution >= 4 is 17.5 Å². The van der Waals surface area contributed by atoms with E-state index in [-0.39, 0.29) is 11.8 Å². The molecule has 2 atom stereocenters. The molecule has 6 heteroatoms. The Balaban J connectivity index is 1.75. The highest BCUT2D eigenvalue weighted by atomic mass is 19.1. The van der Waals surface area contributed by atoms with Crippen molar-refractivity contribution in [3.8, 4) is 11.1 Å². The zero-order chi connectivity index (χ0) is 19.8. The van der Waals surface area contributed by atoms with Crippen molar-refractivity contribution in [3.63, 3.8) is 0 Å². The molecule has 1 aliphatic heterocycles. The zero-order valence-electron chi connectivity index (χ0n) is 16.2. The van der Waals surface area contributed by atoms with Gasteiger partial charge in [-0.15, -0.1) is 0 Å². The Morgan fingerprint density at radius 2 is 2.11 bits per heavy atom. The SMILES string of the molecule is CCC(=O)NC1c2cncc(-c3ccc4c(c3)CCC(=O)N4C)c2CCC1F. The number of anilines is 1. The van der Waals surface area contributed by atoms with E-state index in [0.717, 1.165) is 39.9 Å². The van der Waals surface area contributed by atoms with Gasteiger partial charge in [0.2, 0.25) is 11.8 Å². The standard InChI is InChI=1S/C22H24FN3O2/c1-3-20(27)25-22-17-12-24-11-16(15(17)6-7-18(22)23)13-4-8-19-14(10-13)5-9-21(28)26(19)2/h4,8,10-12,18,22H,3,5-7,9H2,1-2H3,(H,25,27). The molecule has 2 amide bonds. The Labute approximate surface area is 164 Å². The van der Waals surface area contributed by atoms with E-state index in [1.54, 1.807) is 25.1 Å². The summed E-state index contributed by atoms with van der Waals surface area (Å²) in [4.78, 5) is 29.9. The number of rotatable bonds is 3. The molecule has 1 N–H and O–H groups in total. The Bertz CT molecular complexity index is 943. The number of hydrogen-bond acceptors (Lipinski definition) is 3. The van der Waals surface area contributed by atoms with Gasteiger partial charge in [0.1, 0.15) is 6.17 Å². The maximum absolute atomic E-state index is 14.6. The van der Waals surface area contributed by atoms with Crippen LogP contribution < -0.4 is 10.2 Å². The molecule has 0 saturated heterocycles. The number of fused-ring (bicyclic) bond motifs is 2. The van der Waals surface area contributed by atoms with Gasteiger partial charge in [0, 0.05) is 43.5 Å². The first-order chi connectivity index (χ1) is 13.5. The molecule has 4 rings (SSSR count). The highest BCUT2D eigenvalue weighted by molar-refractivity contribution is 5.96. The lowest BCUT2D eigenvalue weighted by Gasteiger charge is -2.31. The summed E-state index contributed by atoms with van der Waals surface area (Å²) in [6.45, 7) is 1.76. The maximum Gasteiger partial charge on any atom is 0.227 e. The van der Waals surface area contributed by atoms with Gasteiger partial charge in [-0.25, -0.2) is 4.39 Å². The minimum Gasteiger partial charge on any atom is -0.346 e. The Morgan fingerprint density at radius 1 is 1.29 bits per heavy atom. The molecule has 0 fully saturated rings. The molecule has 2 aliphatic rings. The van der Waals surface area contributed by atoms with Crippen LogP contribution in [0.2, 0.25) is 0 Å². The van der Waals surface area contributed by atoms with Crippen LogP contribution in [-0.2, 0) is 22.4 Å². The van der Waals surface area contributed by atoms with Crippen molar-refractivity contribution < 1.29 is 14.0 Å². The highest BCUT2D eigenvalue weighted by Gasteiger charge is 2.32. The minimum absolute atomic E-state index is 0.127. The van der Waals surface area contributed by atoms with E-state index in [1.165, 1.54) is 0 Å². The normalized spacial score (nSPS) is 21.1. The second-order valence-corrected chi connectivity index (χ2v) is 7.50. The van der Waals surface area contributed by atoms with Gasteiger partial charge in [-0.05, 0) is 53.6 Å². The fraction of sp³-hybridized carbons (Fsp3) is 0.409. The largest absolute Gasteiger partial charge is 0.346 e. The third-order valence-corrected chi connectivity index (χ3v) is 5.83. The number of nitrogens with one attached hydrogen (secondary N) is 1. The predicted molar refractivity (Wildman–Crippen MR) is 106 cm³/mol. The summed E-state index contributed by atoms with van der Waals surface area (Å²) in [7, 11) is 1.80. The molecule has 0 radical (unpaired) electrons. The molecule has 2 heterocycles. The Hall–Kier alpha value is -2.76. The summed E-state index contributed by atoms with van der Waals surface area (Å²) in [6.07, 6.45) is 4.92. The molecule has 1 aromatic heterocycles. The summed E-state index contributed by atoms with van der Waals surface area (Å²) in [5, 5.41) is 2.82. The van der Waals surface area contributed by atoms with Crippen LogP contribution in [0, 0.1) is 0 Å². The molecule has 28 heavy (non-hydrogen) atoms. The van der Waals surface area contributed by atoms with Crippen LogP contribution in [0.4, 0.5) is 10.1 Å². The summed E-state index contributed by atoms with van der Waals surface area (Å²) in [5.41, 5.74) is 5.88. The maximum atomic E-state index is 14.6. The fourth-order valence-electron chi connectivity index (χ4n) is 4.21. The molecule has 1 aromatic carbocycles. The number of aryl methyl sites for hydroxylation is 1. The number of hydrogen-bond donors (Lipinski definition) is 1. The number of benzene rings is 1. The number of alkyl halides is 1. The van der Waals surface area contributed by atoms with Crippen LogP contribution in [0.3, 0.4) is 0 Å². The lowest BCUT2D eigenvalue weighted by Crippen LogP contribution is -2.37. The van der Waals surface area contributed by atoms with E-state index in [0.29, 0.717) is 25.7 Å². The third kappa shape index (κ3) is 3.17. The molecule has 5 nitrogen and oxygen atoms in total. The topological polar surface area (TPSA) is 62.3 Å². The quantitative estimate of drug-likeness (QED) is 0.885. The number of aromatic nitrogens is 1. The van der Waals surface area contributed by atoms with E-state index in [1.807, 2.05) is 18.3 Å². The van der Waals surface area contributed by atoms with Gasteiger partial charge >= 0.3 is 0 Å². The van der Waals surface area contributed by atoms with Crippen molar-refractivity contribution in [2.75, 3.05) is 11.9 Å². The number of halogens is 1. The van der Waals surface area contributed by atoms with Crippen molar-refractivity contribution in [1.29, 1.82) is 0 Å². The highest BCUT2D eigenvalue weighted by Crippen LogP contribution is 2.39. The predicted octanol–water partition coefficient (Wildman–Crippen LogP) is 3.51. The Kier molecular flexibility index (Phi) is 4.87. The van der Waals surface area contributed by atoms with E-state index in [9.17, 15) is 14.0 Å². The fourth-order valence-corrected chi connectivity index (χ4v) is 4.21. The first kappa shape index (κ1) is 18.6. The molecule has 146 valence electrons. The monoisotopic (exact) mass is 381 g/mol. The van der Waals surface area contributed by atoms with Gasteiger partial charge in [0.25, 0.3) is 0 Å². The van der Waals surface area contributed by atoms with Crippen molar-refractivity contribution in [1.82, 2.24) is 10.3 Å². The lowest BCUT2D eigenvalue weighted by molar-refractivity contribution is -0.122. The number of amides is 2. The van der Waals surface area contributed by atoms with E-state index < -0.39 is 12.2 Å². The molecule has 1 aliphatic carbocycles. The van der Waals surface area contributed by atoms with Gasteiger partial charge in [0.15, 0.2) is 0 Å². The molecule has 2 unspecified atom stereocenters. The van der Waals surface area contributed by atoms with Crippen LogP contribution in [0.15, 0.2) is 30.6 Å². The van der Waals surface area contributed by atoms with Crippen LogP contribution in [0.1, 0.15) is 48.9 Å². The molecule has 0 spiro atoms. The number of pyridine rings is 1. The summed E-state index contributed by atoms with van der Waals surface area (Å²) < 4.78 is 14.6. The lowest BCUT2D eigenvalue weighted by atomic mass is 9.83. The number of carbonyl (C=O) groups excluding carboxylic acids is 2. The summed E-state index contributed by atoms with van der Waals surface area (Å²) >= 11 is 0. The van der Waals surface area contributed by atoms with E-state index in [4.69, 9.17) is 0 Å². The second kappa shape index (κ2) is 7.34. The van der Waals surface area contributed by atoms with Crippen LogP contribution in [0.25, 0.3) is 11.1 Å². The van der Waals surface area contributed by atoms with Crippen LogP contribution in [0.5, 0.6) is 0 Å². The molecular formula is C22H24FN3O2. The molecule has 2 aromatic rings. The van der Waals surface area contributed by atoms with Crippen molar-refractivity contribution in [3.05, 3.63) is 47.3 Å². The van der Waals surface area contributed by atoms with Gasteiger partial charge in [-0.1, -0.05) is 13.0 Å². The van der Waals surface area contributed by atoms with E-state index >= 15 is 0 Å². The van der Waals surface area contributed by atoms with Crippen LogP contribution >= 0.6 is 0 Å². The van der Waals surface area contributed by atoms with Crippen LogP contribution in [-0.4, -0.2) is 30.0 Å². The molecule has 0 bridgehead atoms. The second-order valence-electron chi connectivity index (χ2n) is 7.50. The smallest absolute Gasteiger partial charge is 0.227 e. The third-order valence-electron chi connectivity index (χ3n) is 5.83.